The number of nitrogens with one attached hydrogen (secondary N) is 1. The summed E-state index contributed by atoms with van der Waals surface area (Å²) >= 11 is 5.47. The third kappa shape index (κ3) is 5.17. The molecule has 0 aromatic heterocycles. The second kappa shape index (κ2) is 10.3. The van der Waals surface area contributed by atoms with Crippen LogP contribution in [-0.2, 0) is 14.8 Å². The predicted octanol–water partition coefficient (Wildman–Crippen LogP) is 1.56. The van der Waals surface area contributed by atoms with Crippen LogP contribution < -0.4 is 10.2 Å². The second-order valence-electron chi connectivity index (χ2n) is 8.22. The molecule has 0 atom stereocenters. The van der Waals surface area contributed by atoms with Crippen molar-refractivity contribution in [2.45, 2.75) is 11.8 Å². The van der Waals surface area contributed by atoms with E-state index in [-0.39, 0.29) is 29.3 Å². The van der Waals surface area contributed by atoms with E-state index in [2.05, 4.69) is 10.2 Å². The maximum Gasteiger partial charge on any atom is 0.257 e. The van der Waals surface area contributed by atoms with Gasteiger partial charge < -0.3 is 19.6 Å². The minimum Gasteiger partial charge on any atom is -0.506 e. The zero-order valence-corrected chi connectivity index (χ0v) is 20.6. The fourth-order valence-electron chi connectivity index (χ4n) is 4.07. The van der Waals surface area contributed by atoms with Crippen LogP contribution in [0.5, 0.6) is 5.75 Å². The van der Waals surface area contributed by atoms with Crippen LogP contribution in [0.25, 0.3) is 0 Å². The van der Waals surface area contributed by atoms with E-state index in [0.717, 1.165) is 5.69 Å². The van der Waals surface area contributed by atoms with Crippen LogP contribution in [-0.4, -0.2) is 86.2 Å². The molecule has 1 amide bonds. The molecule has 2 saturated heterocycles. The highest BCUT2D eigenvalue weighted by Gasteiger charge is 2.28. The van der Waals surface area contributed by atoms with Gasteiger partial charge in [0.05, 0.1) is 23.8 Å². The lowest BCUT2D eigenvalue weighted by Gasteiger charge is -2.37. The van der Waals surface area contributed by atoms with Crippen LogP contribution in [0.3, 0.4) is 0 Å². The van der Waals surface area contributed by atoms with Gasteiger partial charge in [-0.15, -0.1) is 0 Å². The van der Waals surface area contributed by atoms with Gasteiger partial charge in [0, 0.05) is 44.8 Å². The van der Waals surface area contributed by atoms with E-state index in [1.54, 1.807) is 25.1 Å². The summed E-state index contributed by atoms with van der Waals surface area (Å²) in [5.74, 6) is -0.209. The Balaban J connectivity index is 1.41. The molecule has 0 spiro atoms. The number of piperazine rings is 1. The number of hydrogen-bond donors (Lipinski definition) is 2. The van der Waals surface area contributed by atoms with Crippen LogP contribution in [0.15, 0.2) is 47.4 Å². The van der Waals surface area contributed by atoms with Gasteiger partial charge in [0.25, 0.3) is 5.91 Å². The normalized spacial score (nSPS) is 17.4. The third-order valence-electron chi connectivity index (χ3n) is 6.07. The average molecular weight is 505 g/mol. The van der Waals surface area contributed by atoms with Crippen molar-refractivity contribution in [2.24, 2.45) is 0 Å². The van der Waals surface area contributed by atoms with Gasteiger partial charge in [-0.05, 0) is 49.0 Å². The standard InChI is InChI=1S/C23H28N4O5S2/c1-17-6-7-18(34(30,31)27-12-14-32-15-13-27)16-19(17)22(29)24-23(33)26-10-8-25(9-11-26)20-4-2-3-5-21(20)28/h2-7,16,28H,8-15H2,1H3,(H,24,29,33). The van der Waals surface area contributed by atoms with Crippen molar-refractivity contribution in [3.05, 3.63) is 53.6 Å². The first-order chi connectivity index (χ1) is 16.3. The Bertz CT molecular complexity index is 1170. The van der Waals surface area contributed by atoms with Gasteiger partial charge >= 0.3 is 0 Å². The van der Waals surface area contributed by atoms with Crippen molar-refractivity contribution in [2.75, 3.05) is 57.4 Å². The number of morpholine rings is 1. The van der Waals surface area contributed by atoms with Gasteiger partial charge in [0.15, 0.2) is 5.11 Å². The van der Waals surface area contributed by atoms with Crippen molar-refractivity contribution >= 4 is 38.9 Å². The van der Waals surface area contributed by atoms with Gasteiger partial charge in [-0.3, -0.25) is 10.1 Å². The molecular weight excluding hydrogens is 476 g/mol. The highest BCUT2D eigenvalue weighted by Crippen LogP contribution is 2.27. The number of para-hydroxylation sites is 2. The Morgan fingerprint density at radius 2 is 1.71 bits per heavy atom. The molecule has 4 rings (SSSR count). The lowest BCUT2D eigenvalue weighted by molar-refractivity contribution is 0.0730. The van der Waals surface area contributed by atoms with Gasteiger partial charge in [0.2, 0.25) is 10.0 Å². The third-order valence-corrected chi connectivity index (χ3v) is 8.33. The molecule has 11 heteroatoms. The monoisotopic (exact) mass is 504 g/mol. The van der Waals surface area contributed by atoms with E-state index >= 15 is 0 Å². The second-order valence-corrected chi connectivity index (χ2v) is 10.5. The van der Waals surface area contributed by atoms with E-state index in [1.165, 1.54) is 16.4 Å². The summed E-state index contributed by atoms with van der Waals surface area (Å²) in [6.07, 6.45) is 0. The largest absolute Gasteiger partial charge is 0.506 e. The van der Waals surface area contributed by atoms with Crippen LogP contribution >= 0.6 is 12.2 Å². The van der Waals surface area contributed by atoms with Gasteiger partial charge in [-0.25, -0.2) is 8.42 Å². The molecule has 2 N–H and O–H groups in total. The number of phenolic OH excluding ortho intramolecular Hbond substituents is 1. The lowest BCUT2D eigenvalue weighted by Crippen LogP contribution is -2.52. The first-order valence-corrected chi connectivity index (χ1v) is 12.9. The Labute approximate surface area is 205 Å². The van der Waals surface area contributed by atoms with Crippen molar-refractivity contribution in [1.82, 2.24) is 14.5 Å². The molecule has 2 heterocycles. The number of carbonyl (C=O) groups is 1. The summed E-state index contributed by atoms with van der Waals surface area (Å²) < 4.78 is 32.6. The van der Waals surface area contributed by atoms with Crippen molar-refractivity contribution < 1.29 is 23.1 Å². The molecule has 2 aliphatic heterocycles. The quantitative estimate of drug-likeness (QED) is 0.605. The number of benzene rings is 2. The summed E-state index contributed by atoms with van der Waals surface area (Å²) in [4.78, 5) is 17.0. The molecule has 2 aromatic rings. The first-order valence-electron chi connectivity index (χ1n) is 11.1. The number of aryl methyl sites for hydroxylation is 1. The number of rotatable bonds is 4. The van der Waals surface area contributed by atoms with E-state index in [0.29, 0.717) is 50.1 Å². The maximum atomic E-state index is 13.0. The topological polar surface area (TPSA) is 102 Å². The predicted molar refractivity (Wildman–Crippen MR) is 133 cm³/mol. The van der Waals surface area contributed by atoms with E-state index in [4.69, 9.17) is 17.0 Å². The molecule has 2 aromatic carbocycles. The van der Waals surface area contributed by atoms with Crippen LogP contribution in [0, 0.1) is 6.92 Å². The minimum atomic E-state index is -3.72. The smallest absolute Gasteiger partial charge is 0.257 e. The average Bonchev–Trinajstić information content (AvgIpc) is 2.85. The van der Waals surface area contributed by atoms with Crippen LogP contribution in [0.4, 0.5) is 5.69 Å². The molecule has 0 saturated carbocycles. The number of amides is 1. The Kier molecular flexibility index (Phi) is 7.36. The molecule has 34 heavy (non-hydrogen) atoms. The Morgan fingerprint density at radius 3 is 2.38 bits per heavy atom. The summed E-state index contributed by atoms with van der Waals surface area (Å²) in [5.41, 5.74) is 1.70. The molecule has 182 valence electrons. The van der Waals surface area contributed by atoms with Gasteiger partial charge in [0.1, 0.15) is 5.75 Å². The summed E-state index contributed by atoms with van der Waals surface area (Å²) in [6, 6.07) is 11.7. The number of thiocarbonyl (C=S) groups is 1. The SMILES string of the molecule is Cc1ccc(S(=O)(=O)N2CCOCC2)cc1C(=O)NC(=S)N1CCN(c2ccccc2O)CC1. The number of nitrogens with zero attached hydrogens (tertiary/aromatic N) is 3. The maximum absolute atomic E-state index is 13.0. The van der Waals surface area contributed by atoms with Crippen LogP contribution in [0.1, 0.15) is 15.9 Å². The number of phenols is 1. The van der Waals surface area contributed by atoms with Gasteiger partial charge in [-0.1, -0.05) is 18.2 Å². The lowest BCUT2D eigenvalue weighted by atomic mass is 10.1. The van der Waals surface area contributed by atoms with Crippen LogP contribution in [0.2, 0.25) is 0 Å². The Morgan fingerprint density at radius 1 is 1.03 bits per heavy atom. The van der Waals surface area contributed by atoms with E-state index in [1.807, 2.05) is 17.0 Å². The molecule has 2 fully saturated rings. The summed E-state index contributed by atoms with van der Waals surface area (Å²) in [7, 11) is -3.72. The summed E-state index contributed by atoms with van der Waals surface area (Å²) in [6.45, 7) is 5.47. The number of anilines is 1. The minimum absolute atomic E-state index is 0.0763. The zero-order valence-electron chi connectivity index (χ0n) is 18.9. The van der Waals surface area contributed by atoms with Crippen molar-refractivity contribution in [1.29, 1.82) is 0 Å². The van der Waals surface area contributed by atoms with E-state index in [9.17, 15) is 18.3 Å². The number of aromatic hydroxyl groups is 1. The Hall–Kier alpha value is -2.73. The number of ether oxygens (including phenoxy) is 1. The fourth-order valence-corrected chi connectivity index (χ4v) is 5.78. The zero-order chi connectivity index (χ0) is 24.3. The highest BCUT2D eigenvalue weighted by atomic mass is 32.2. The van der Waals surface area contributed by atoms with E-state index < -0.39 is 15.9 Å². The first kappa shape index (κ1) is 24.4. The van der Waals surface area contributed by atoms with Crippen molar-refractivity contribution in [3.8, 4) is 5.75 Å². The van der Waals surface area contributed by atoms with Crippen molar-refractivity contribution in [3.63, 3.8) is 0 Å². The molecule has 2 aliphatic rings. The molecular formula is C23H28N4O5S2. The molecule has 0 radical (unpaired) electrons. The molecule has 9 nitrogen and oxygen atoms in total. The number of hydrogen-bond acceptors (Lipinski definition) is 7. The fraction of sp³-hybridized carbons (Fsp3) is 0.391. The number of sulfonamides is 1. The highest BCUT2D eigenvalue weighted by molar-refractivity contribution is 7.89. The number of carbonyl (C=O) groups excluding carboxylic acids is 1. The molecule has 0 aliphatic carbocycles. The van der Waals surface area contributed by atoms with Gasteiger partial charge in [-0.2, -0.15) is 4.31 Å². The molecule has 0 unspecified atom stereocenters. The molecule has 0 bridgehead atoms. The summed E-state index contributed by atoms with van der Waals surface area (Å²) in [5, 5.41) is 13.1.